The highest BCUT2D eigenvalue weighted by Crippen LogP contribution is 1.77. The van der Waals surface area contributed by atoms with Gasteiger partial charge in [0.25, 0.3) is 0 Å². The molecule has 0 aliphatic heterocycles. The molecular formula is C4H6ClNO2. The first-order valence-corrected chi connectivity index (χ1v) is 2.63. The van der Waals surface area contributed by atoms with Gasteiger partial charge >= 0.3 is 0 Å². The Kier molecular flexibility index (Phi) is 4.26. The zero-order valence-electron chi connectivity index (χ0n) is 4.21. The van der Waals surface area contributed by atoms with Crippen LogP contribution in [0.4, 0.5) is 0 Å². The quantitative estimate of drug-likeness (QED) is 0.251. The molecule has 0 radical (unpaired) electrons. The van der Waals surface area contributed by atoms with E-state index in [1.807, 2.05) is 0 Å². The lowest BCUT2D eigenvalue weighted by atomic mass is 10.5. The van der Waals surface area contributed by atoms with Crippen molar-refractivity contribution in [2.45, 2.75) is 0 Å². The van der Waals surface area contributed by atoms with E-state index in [4.69, 9.17) is 11.6 Å². The SMILES string of the molecule is O=[N+]([O-])C/C=C/CCl. The lowest BCUT2D eigenvalue weighted by Crippen LogP contribution is -1.95. The fourth-order valence-corrected chi connectivity index (χ4v) is 0.350. The van der Waals surface area contributed by atoms with E-state index < -0.39 is 4.92 Å². The number of nitrogens with zero attached hydrogens (tertiary/aromatic N) is 1. The van der Waals surface area contributed by atoms with Gasteiger partial charge in [0.1, 0.15) is 0 Å². The Hall–Kier alpha value is -0.570. The van der Waals surface area contributed by atoms with Crippen molar-refractivity contribution >= 4 is 11.6 Å². The molecule has 0 aliphatic carbocycles. The minimum absolute atomic E-state index is 0.132. The predicted octanol–water partition coefficient (Wildman–Crippen LogP) is 1.06. The first-order valence-electron chi connectivity index (χ1n) is 2.10. The van der Waals surface area contributed by atoms with Gasteiger partial charge in [0.05, 0.1) is 0 Å². The van der Waals surface area contributed by atoms with E-state index in [0.29, 0.717) is 5.88 Å². The van der Waals surface area contributed by atoms with Gasteiger partial charge < -0.3 is 0 Å². The molecule has 3 nitrogen and oxygen atoms in total. The molecule has 46 valence electrons. The van der Waals surface area contributed by atoms with Crippen LogP contribution in [0.15, 0.2) is 12.2 Å². The van der Waals surface area contributed by atoms with Crippen LogP contribution in [0.5, 0.6) is 0 Å². The number of halogens is 1. The number of nitro groups is 1. The first kappa shape index (κ1) is 7.43. The monoisotopic (exact) mass is 135 g/mol. The van der Waals surface area contributed by atoms with Crippen molar-refractivity contribution in [1.82, 2.24) is 0 Å². The van der Waals surface area contributed by atoms with Gasteiger partial charge in [-0.15, -0.1) is 11.6 Å². The van der Waals surface area contributed by atoms with Crippen LogP contribution in [-0.4, -0.2) is 17.3 Å². The summed E-state index contributed by atoms with van der Waals surface area (Å²) in [6.45, 7) is -0.132. The van der Waals surface area contributed by atoms with Gasteiger partial charge in [0.15, 0.2) is 0 Å². The summed E-state index contributed by atoms with van der Waals surface area (Å²) in [6.07, 6.45) is 2.97. The summed E-state index contributed by atoms with van der Waals surface area (Å²) in [6, 6.07) is 0. The molecule has 0 spiro atoms. The smallest absolute Gasteiger partial charge is 0.222 e. The summed E-state index contributed by atoms with van der Waals surface area (Å²) < 4.78 is 0. The van der Waals surface area contributed by atoms with Crippen molar-refractivity contribution in [2.24, 2.45) is 0 Å². The third kappa shape index (κ3) is 5.43. The average molecular weight is 136 g/mol. The second kappa shape index (κ2) is 4.59. The summed E-state index contributed by atoms with van der Waals surface area (Å²) in [5, 5.41) is 9.59. The minimum Gasteiger partial charge on any atom is -0.264 e. The highest BCUT2D eigenvalue weighted by atomic mass is 35.5. The van der Waals surface area contributed by atoms with Crippen LogP contribution in [-0.2, 0) is 0 Å². The van der Waals surface area contributed by atoms with Crippen molar-refractivity contribution < 1.29 is 4.92 Å². The predicted molar refractivity (Wildman–Crippen MR) is 31.7 cm³/mol. The molecule has 0 amide bonds. The standard InChI is InChI=1S/C4H6ClNO2/c5-3-1-2-4-6(7)8/h1-2H,3-4H2/b2-1+. The zero-order valence-corrected chi connectivity index (χ0v) is 4.97. The summed E-state index contributed by atoms with van der Waals surface area (Å²) in [4.78, 5) is 9.17. The van der Waals surface area contributed by atoms with E-state index in [1.165, 1.54) is 6.08 Å². The number of hydrogen-bond acceptors (Lipinski definition) is 2. The molecule has 0 bridgehead atoms. The molecule has 0 fully saturated rings. The van der Waals surface area contributed by atoms with Crippen LogP contribution in [0.3, 0.4) is 0 Å². The number of allylic oxidation sites excluding steroid dienone is 1. The van der Waals surface area contributed by atoms with E-state index in [0.717, 1.165) is 0 Å². The first-order chi connectivity index (χ1) is 3.77. The maximum Gasteiger partial charge on any atom is 0.222 e. The van der Waals surface area contributed by atoms with E-state index in [9.17, 15) is 10.1 Å². The van der Waals surface area contributed by atoms with Crippen molar-refractivity contribution in [2.75, 3.05) is 12.4 Å². The molecule has 0 saturated heterocycles. The molecule has 4 heteroatoms. The largest absolute Gasteiger partial charge is 0.264 e. The van der Waals surface area contributed by atoms with Crippen LogP contribution in [0, 0.1) is 10.1 Å². The van der Waals surface area contributed by atoms with Crippen molar-refractivity contribution in [1.29, 1.82) is 0 Å². The van der Waals surface area contributed by atoms with Crippen molar-refractivity contribution in [3.63, 3.8) is 0 Å². The molecule has 0 aromatic heterocycles. The number of rotatable bonds is 3. The average Bonchev–Trinajstić information content (AvgIpc) is 1.66. The van der Waals surface area contributed by atoms with Gasteiger partial charge in [0.2, 0.25) is 6.54 Å². The molecule has 8 heavy (non-hydrogen) atoms. The fourth-order valence-electron chi connectivity index (χ4n) is 0.224. The van der Waals surface area contributed by atoms with Crippen LogP contribution < -0.4 is 0 Å². The minimum atomic E-state index is -0.414. The van der Waals surface area contributed by atoms with E-state index >= 15 is 0 Å². The Morgan fingerprint density at radius 1 is 1.62 bits per heavy atom. The topological polar surface area (TPSA) is 43.1 Å². The molecule has 0 rings (SSSR count). The zero-order chi connectivity index (χ0) is 6.41. The highest BCUT2D eigenvalue weighted by Gasteiger charge is 1.84. The molecule has 0 N–H and O–H groups in total. The Balaban J connectivity index is 3.16. The van der Waals surface area contributed by atoms with Crippen LogP contribution in [0.25, 0.3) is 0 Å². The van der Waals surface area contributed by atoms with Gasteiger partial charge in [0, 0.05) is 10.8 Å². The molecule has 0 unspecified atom stereocenters. The summed E-state index contributed by atoms with van der Waals surface area (Å²) in [7, 11) is 0. The maximum atomic E-state index is 9.59. The number of hydrogen-bond donors (Lipinski definition) is 0. The third-order valence-electron chi connectivity index (χ3n) is 0.510. The van der Waals surface area contributed by atoms with E-state index in [-0.39, 0.29) is 6.54 Å². The Morgan fingerprint density at radius 2 is 2.25 bits per heavy atom. The second-order valence-electron chi connectivity index (χ2n) is 1.14. The van der Waals surface area contributed by atoms with Gasteiger partial charge in [-0.3, -0.25) is 10.1 Å². The molecule has 0 heterocycles. The lowest BCUT2D eigenvalue weighted by molar-refractivity contribution is -0.468. The molecule has 0 atom stereocenters. The Bertz CT molecular complexity index is 102. The van der Waals surface area contributed by atoms with Gasteiger partial charge in [-0.25, -0.2) is 0 Å². The maximum absolute atomic E-state index is 9.59. The normalized spacial score (nSPS) is 10.1. The van der Waals surface area contributed by atoms with Crippen LogP contribution in [0.1, 0.15) is 0 Å². The molecule has 0 aromatic rings. The van der Waals surface area contributed by atoms with Crippen molar-refractivity contribution in [3.8, 4) is 0 Å². The third-order valence-corrected chi connectivity index (χ3v) is 0.688. The van der Waals surface area contributed by atoms with Crippen LogP contribution >= 0.6 is 11.6 Å². The summed E-state index contributed by atoms with van der Waals surface area (Å²) >= 11 is 5.18. The van der Waals surface area contributed by atoms with E-state index in [2.05, 4.69) is 0 Å². The highest BCUT2D eigenvalue weighted by molar-refractivity contribution is 6.18. The molecule has 0 aliphatic rings. The van der Waals surface area contributed by atoms with Gasteiger partial charge in [-0.2, -0.15) is 0 Å². The van der Waals surface area contributed by atoms with Crippen LogP contribution in [0.2, 0.25) is 0 Å². The molecule has 0 saturated carbocycles. The molecular weight excluding hydrogens is 130 g/mol. The fraction of sp³-hybridized carbons (Fsp3) is 0.500. The lowest BCUT2D eigenvalue weighted by Gasteiger charge is -1.79. The summed E-state index contributed by atoms with van der Waals surface area (Å²) in [5.41, 5.74) is 0. The van der Waals surface area contributed by atoms with Gasteiger partial charge in [-0.1, -0.05) is 6.08 Å². The number of alkyl halides is 1. The van der Waals surface area contributed by atoms with Gasteiger partial charge in [-0.05, 0) is 6.08 Å². The van der Waals surface area contributed by atoms with E-state index in [1.54, 1.807) is 6.08 Å². The second-order valence-corrected chi connectivity index (χ2v) is 1.45. The Labute approximate surface area is 52.1 Å². The molecule has 0 aromatic carbocycles. The summed E-state index contributed by atoms with van der Waals surface area (Å²) in [5.74, 6) is 0.341. The van der Waals surface area contributed by atoms with Crippen molar-refractivity contribution in [3.05, 3.63) is 22.3 Å². The Morgan fingerprint density at radius 3 is 2.62 bits per heavy atom.